The quantitative estimate of drug-likeness (QED) is 0.777. The smallest absolute Gasteiger partial charge is 0.265 e. The topological polar surface area (TPSA) is 58.2 Å². The second kappa shape index (κ2) is 7.96. The Hall–Kier alpha value is -1.85. The molecule has 0 saturated heterocycles. The highest BCUT2D eigenvalue weighted by Crippen LogP contribution is 2.24. The number of hydrogen-bond donors (Lipinski definition) is 2. The Morgan fingerprint density at radius 3 is 2.73 bits per heavy atom. The summed E-state index contributed by atoms with van der Waals surface area (Å²) in [6, 6.07) is 8.38. The van der Waals surface area contributed by atoms with Crippen LogP contribution in [0.5, 0.6) is 0 Å². The molecule has 2 rings (SSSR count). The van der Waals surface area contributed by atoms with Gasteiger partial charge >= 0.3 is 0 Å². The summed E-state index contributed by atoms with van der Waals surface area (Å²) in [5, 5.41) is 7.80. The fraction of sp³-hybridized carbons (Fsp3) is 0.250. The molecule has 2 amide bonds. The molecule has 2 aromatic rings. The third-order valence-electron chi connectivity index (χ3n) is 3.04. The lowest BCUT2D eigenvalue weighted by atomic mass is 10.1. The van der Waals surface area contributed by atoms with E-state index in [0.29, 0.717) is 27.7 Å². The molecule has 1 aromatic heterocycles. The van der Waals surface area contributed by atoms with Gasteiger partial charge in [-0.2, -0.15) is 0 Å². The molecule has 0 aliphatic heterocycles. The molecule has 0 aliphatic carbocycles. The van der Waals surface area contributed by atoms with Crippen LogP contribution < -0.4 is 10.6 Å². The Balaban J connectivity index is 2.09. The number of carbonyl (C=O) groups excluding carboxylic acids is 2. The molecule has 4 nitrogen and oxygen atoms in total. The normalized spacial score (nSPS) is 10.3. The molecular weight excluding hydrogens is 320 g/mol. The lowest BCUT2D eigenvalue weighted by Crippen LogP contribution is -2.24. The predicted molar refractivity (Wildman–Crippen MR) is 91.0 cm³/mol. The molecule has 0 bridgehead atoms. The van der Waals surface area contributed by atoms with E-state index in [-0.39, 0.29) is 11.8 Å². The number of unbranched alkanes of at least 4 members (excludes halogenated alkanes) is 1. The molecule has 0 fully saturated rings. The van der Waals surface area contributed by atoms with Crippen LogP contribution in [-0.2, 0) is 0 Å². The lowest BCUT2D eigenvalue weighted by Gasteiger charge is -2.09. The first-order valence-corrected chi connectivity index (χ1v) is 8.30. The van der Waals surface area contributed by atoms with E-state index in [0.717, 1.165) is 12.8 Å². The second-order valence-electron chi connectivity index (χ2n) is 4.74. The maximum atomic E-state index is 12.1. The molecule has 0 radical (unpaired) electrons. The molecule has 0 atom stereocenters. The molecular formula is C16H17ClN2O2S. The van der Waals surface area contributed by atoms with Crippen LogP contribution in [0.25, 0.3) is 0 Å². The van der Waals surface area contributed by atoms with Crippen molar-refractivity contribution in [1.82, 2.24) is 5.32 Å². The van der Waals surface area contributed by atoms with Gasteiger partial charge in [0.05, 0.1) is 15.6 Å². The highest BCUT2D eigenvalue weighted by Gasteiger charge is 2.12. The minimum absolute atomic E-state index is 0.170. The third kappa shape index (κ3) is 4.32. The van der Waals surface area contributed by atoms with Crippen molar-refractivity contribution >= 4 is 40.4 Å². The zero-order valence-electron chi connectivity index (χ0n) is 12.2. The molecule has 6 heteroatoms. The van der Waals surface area contributed by atoms with Crippen LogP contribution in [0.2, 0.25) is 5.02 Å². The van der Waals surface area contributed by atoms with Gasteiger partial charge in [0.15, 0.2) is 0 Å². The van der Waals surface area contributed by atoms with Crippen LogP contribution in [0, 0.1) is 0 Å². The number of thiophene rings is 1. The molecule has 0 unspecified atom stereocenters. The van der Waals surface area contributed by atoms with E-state index in [1.54, 1.807) is 30.3 Å². The van der Waals surface area contributed by atoms with Gasteiger partial charge in [0.25, 0.3) is 11.8 Å². The summed E-state index contributed by atoms with van der Waals surface area (Å²) in [7, 11) is 0. The molecule has 1 aromatic carbocycles. The summed E-state index contributed by atoms with van der Waals surface area (Å²) in [5.74, 6) is -0.405. The summed E-state index contributed by atoms with van der Waals surface area (Å²) < 4.78 is 0. The zero-order valence-corrected chi connectivity index (χ0v) is 13.8. The number of halogens is 1. The van der Waals surface area contributed by atoms with Gasteiger partial charge in [0, 0.05) is 12.1 Å². The predicted octanol–water partition coefficient (Wildman–Crippen LogP) is 4.18. The van der Waals surface area contributed by atoms with Crippen LogP contribution in [-0.4, -0.2) is 18.4 Å². The molecule has 2 N–H and O–H groups in total. The van der Waals surface area contributed by atoms with Gasteiger partial charge in [0.1, 0.15) is 0 Å². The van der Waals surface area contributed by atoms with Crippen molar-refractivity contribution < 1.29 is 9.59 Å². The van der Waals surface area contributed by atoms with E-state index in [4.69, 9.17) is 11.6 Å². The van der Waals surface area contributed by atoms with E-state index >= 15 is 0 Å². The second-order valence-corrected chi connectivity index (χ2v) is 6.09. The van der Waals surface area contributed by atoms with Crippen molar-refractivity contribution in [3.8, 4) is 0 Å². The minimum atomic E-state index is -0.236. The number of anilines is 1. The van der Waals surface area contributed by atoms with Crippen LogP contribution in [0.1, 0.15) is 39.8 Å². The highest BCUT2D eigenvalue weighted by atomic mass is 35.5. The van der Waals surface area contributed by atoms with Gasteiger partial charge in [-0.05, 0) is 36.1 Å². The molecule has 116 valence electrons. The number of carbonyl (C=O) groups is 2. The Kier molecular flexibility index (Phi) is 5.98. The van der Waals surface area contributed by atoms with Crippen molar-refractivity contribution in [2.24, 2.45) is 0 Å². The van der Waals surface area contributed by atoms with Crippen molar-refractivity contribution in [1.29, 1.82) is 0 Å². The van der Waals surface area contributed by atoms with Crippen LogP contribution in [0.3, 0.4) is 0 Å². The summed E-state index contributed by atoms with van der Waals surface area (Å²) in [6.07, 6.45) is 1.95. The van der Waals surface area contributed by atoms with Crippen molar-refractivity contribution in [3.05, 3.63) is 51.2 Å². The molecule has 0 aliphatic rings. The Bertz CT molecular complexity index is 656. The van der Waals surface area contributed by atoms with E-state index < -0.39 is 0 Å². The van der Waals surface area contributed by atoms with Crippen molar-refractivity contribution in [3.63, 3.8) is 0 Å². The van der Waals surface area contributed by atoms with Crippen molar-refractivity contribution in [2.45, 2.75) is 19.8 Å². The fourth-order valence-electron chi connectivity index (χ4n) is 1.83. The monoisotopic (exact) mass is 336 g/mol. The number of amides is 2. The number of benzene rings is 1. The van der Waals surface area contributed by atoms with E-state index in [9.17, 15) is 9.59 Å². The van der Waals surface area contributed by atoms with Gasteiger partial charge in [0.2, 0.25) is 0 Å². The highest BCUT2D eigenvalue weighted by molar-refractivity contribution is 7.12. The molecule has 1 heterocycles. The summed E-state index contributed by atoms with van der Waals surface area (Å²) >= 11 is 7.44. The van der Waals surface area contributed by atoms with E-state index in [2.05, 4.69) is 17.6 Å². The standard InChI is InChI=1S/C16H17ClN2O2S/c1-2-3-8-18-15(20)11-6-7-12(17)13(10-11)19-16(21)14-5-4-9-22-14/h4-7,9-10H,2-3,8H2,1H3,(H,18,20)(H,19,21). The Labute approximate surface area is 138 Å². The van der Waals surface area contributed by atoms with Crippen LogP contribution >= 0.6 is 22.9 Å². The maximum Gasteiger partial charge on any atom is 0.265 e. The minimum Gasteiger partial charge on any atom is -0.352 e. The van der Waals surface area contributed by atoms with E-state index in [1.165, 1.54) is 11.3 Å². The van der Waals surface area contributed by atoms with Gasteiger partial charge in [-0.25, -0.2) is 0 Å². The fourth-order valence-corrected chi connectivity index (χ4v) is 2.62. The Morgan fingerprint density at radius 2 is 2.05 bits per heavy atom. The summed E-state index contributed by atoms with van der Waals surface area (Å²) in [5.41, 5.74) is 0.908. The van der Waals surface area contributed by atoms with E-state index in [1.807, 2.05) is 5.38 Å². The number of hydrogen-bond acceptors (Lipinski definition) is 3. The molecule has 22 heavy (non-hydrogen) atoms. The average molecular weight is 337 g/mol. The van der Waals surface area contributed by atoms with Gasteiger partial charge in [-0.1, -0.05) is 31.0 Å². The third-order valence-corrected chi connectivity index (χ3v) is 4.24. The van der Waals surface area contributed by atoms with Gasteiger partial charge in [-0.3, -0.25) is 9.59 Å². The maximum absolute atomic E-state index is 12.1. The van der Waals surface area contributed by atoms with Crippen molar-refractivity contribution in [2.75, 3.05) is 11.9 Å². The first kappa shape index (κ1) is 16.5. The molecule has 0 spiro atoms. The SMILES string of the molecule is CCCCNC(=O)c1ccc(Cl)c(NC(=O)c2cccs2)c1. The zero-order chi connectivity index (χ0) is 15.9. The summed E-state index contributed by atoms with van der Waals surface area (Å²) in [6.45, 7) is 2.70. The number of nitrogens with one attached hydrogen (secondary N) is 2. The van der Waals surface area contributed by atoms with Crippen LogP contribution in [0.15, 0.2) is 35.7 Å². The average Bonchev–Trinajstić information content (AvgIpc) is 3.04. The first-order chi connectivity index (χ1) is 10.6. The lowest BCUT2D eigenvalue weighted by molar-refractivity contribution is 0.0951. The number of rotatable bonds is 6. The largest absolute Gasteiger partial charge is 0.352 e. The van der Waals surface area contributed by atoms with Crippen LogP contribution in [0.4, 0.5) is 5.69 Å². The first-order valence-electron chi connectivity index (χ1n) is 7.04. The van der Waals surface area contributed by atoms with Gasteiger partial charge in [-0.15, -0.1) is 11.3 Å². The Morgan fingerprint density at radius 1 is 1.23 bits per heavy atom. The van der Waals surface area contributed by atoms with Gasteiger partial charge < -0.3 is 10.6 Å². The summed E-state index contributed by atoms with van der Waals surface area (Å²) in [4.78, 5) is 24.7. The molecule has 0 saturated carbocycles.